The summed E-state index contributed by atoms with van der Waals surface area (Å²) in [5, 5.41) is 0. The van der Waals surface area contributed by atoms with Crippen LogP contribution in [0.3, 0.4) is 0 Å². The van der Waals surface area contributed by atoms with Crippen molar-refractivity contribution in [3.63, 3.8) is 0 Å². The highest BCUT2D eigenvalue weighted by Crippen LogP contribution is 2.31. The van der Waals surface area contributed by atoms with Gasteiger partial charge in [-0.2, -0.15) is 21.6 Å². The minimum absolute atomic E-state index is 0.147. The summed E-state index contributed by atoms with van der Waals surface area (Å²) in [6, 6.07) is 0.670. The number of halogens is 4. The van der Waals surface area contributed by atoms with Crippen molar-refractivity contribution >= 4 is 10.1 Å². The van der Waals surface area contributed by atoms with Gasteiger partial charge in [-0.3, -0.25) is 0 Å². The van der Waals surface area contributed by atoms with Crippen LogP contribution < -0.4 is 8.92 Å². The Morgan fingerprint density at radius 3 is 2.50 bits per heavy atom. The van der Waals surface area contributed by atoms with Crippen LogP contribution in [0.25, 0.3) is 0 Å². The zero-order chi connectivity index (χ0) is 15.0. The summed E-state index contributed by atoms with van der Waals surface area (Å²) >= 11 is 0. The molecule has 1 heterocycles. The number of nitrogens with zero attached hydrogens (tertiary/aromatic N) is 1. The molecule has 0 aromatic carbocycles. The second kappa shape index (κ2) is 5.08. The number of hydrogen-bond acceptors (Lipinski definition) is 5. The zero-order valence-electron chi connectivity index (χ0n) is 9.85. The average molecular weight is 315 g/mol. The molecule has 1 fully saturated rings. The molecule has 0 amide bonds. The highest BCUT2D eigenvalue weighted by atomic mass is 32.2. The standard InChI is InChI=1S/C10H9F4NO4S/c11-7-3-9(18-5-6-1-2-6)15-4-8(7)19-20(16,17)10(12,13)14/h3-4,6H,1-2,5H2. The molecule has 112 valence electrons. The van der Waals surface area contributed by atoms with E-state index in [1.807, 2.05) is 0 Å². The molecule has 0 spiro atoms. The fourth-order valence-electron chi connectivity index (χ4n) is 1.19. The lowest BCUT2D eigenvalue weighted by atomic mass is 10.4. The van der Waals surface area contributed by atoms with Gasteiger partial charge in [-0.05, 0) is 18.8 Å². The van der Waals surface area contributed by atoms with Crippen molar-refractivity contribution in [1.82, 2.24) is 4.98 Å². The van der Waals surface area contributed by atoms with Crippen LogP contribution in [0.15, 0.2) is 12.3 Å². The molecule has 0 aliphatic heterocycles. The van der Waals surface area contributed by atoms with E-state index in [-0.39, 0.29) is 5.88 Å². The Morgan fingerprint density at radius 1 is 1.35 bits per heavy atom. The topological polar surface area (TPSA) is 65.5 Å². The Kier molecular flexibility index (Phi) is 3.76. The number of ether oxygens (including phenoxy) is 1. The third-order valence-electron chi connectivity index (χ3n) is 2.44. The van der Waals surface area contributed by atoms with Gasteiger partial charge in [-0.25, -0.2) is 9.37 Å². The molecule has 0 saturated heterocycles. The van der Waals surface area contributed by atoms with Crippen LogP contribution in [0.4, 0.5) is 17.6 Å². The normalized spacial score (nSPS) is 16.0. The summed E-state index contributed by atoms with van der Waals surface area (Å²) in [4.78, 5) is 3.49. The Hall–Kier alpha value is -1.58. The lowest BCUT2D eigenvalue weighted by molar-refractivity contribution is -0.0501. The summed E-state index contributed by atoms with van der Waals surface area (Å²) in [6.07, 6.45) is 2.52. The first-order valence-electron chi connectivity index (χ1n) is 5.48. The molecular formula is C10H9F4NO4S. The third-order valence-corrected chi connectivity index (χ3v) is 3.41. The van der Waals surface area contributed by atoms with E-state index in [1.165, 1.54) is 0 Å². The molecule has 0 radical (unpaired) electrons. The molecule has 0 N–H and O–H groups in total. The maximum absolute atomic E-state index is 13.4. The van der Waals surface area contributed by atoms with Crippen LogP contribution >= 0.6 is 0 Å². The average Bonchev–Trinajstić information content (AvgIpc) is 3.12. The first kappa shape index (κ1) is 14.8. The molecule has 1 aliphatic rings. The number of pyridine rings is 1. The molecule has 0 bridgehead atoms. The molecule has 1 aliphatic carbocycles. The van der Waals surface area contributed by atoms with E-state index in [4.69, 9.17) is 4.74 Å². The van der Waals surface area contributed by atoms with Crippen LogP contribution in [0.5, 0.6) is 11.6 Å². The van der Waals surface area contributed by atoms with E-state index >= 15 is 0 Å². The van der Waals surface area contributed by atoms with E-state index in [0.717, 1.165) is 12.8 Å². The lowest BCUT2D eigenvalue weighted by Gasteiger charge is -2.10. The number of rotatable bonds is 5. The van der Waals surface area contributed by atoms with Gasteiger partial charge in [0.2, 0.25) is 5.88 Å². The van der Waals surface area contributed by atoms with Crippen molar-refractivity contribution in [2.45, 2.75) is 18.3 Å². The lowest BCUT2D eigenvalue weighted by Crippen LogP contribution is -2.28. The molecule has 5 nitrogen and oxygen atoms in total. The number of aromatic nitrogens is 1. The maximum Gasteiger partial charge on any atom is 0.534 e. The molecule has 1 aromatic heterocycles. The Balaban J connectivity index is 2.09. The van der Waals surface area contributed by atoms with Crippen molar-refractivity contribution in [3.05, 3.63) is 18.1 Å². The second-order valence-corrected chi connectivity index (χ2v) is 5.73. The van der Waals surface area contributed by atoms with Crippen molar-refractivity contribution in [3.8, 4) is 11.6 Å². The molecule has 2 rings (SSSR count). The summed E-state index contributed by atoms with van der Waals surface area (Å²) in [6.45, 7) is 0.327. The van der Waals surface area contributed by atoms with Crippen LogP contribution in [0.2, 0.25) is 0 Å². The van der Waals surface area contributed by atoms with Gasteiger partial charge in [0.1, 0.15) is 0 Å². The van der Waals surface area contributed by atoms with Crippen LogP contribution in [0, 0.1) is 11.7 Å². The summed E-state index contributed by atoms with van der Waals surface area (Å²) in [7, 11) is -5.92. The van der Waals surface area contributed by atoms with Crippen molar-refractivity contribution in [2.75, 3.05) is 6.61 Å². The van der Waals surface area contributed by atoms with E-state index in [2.05, 4.69) is 9.17 Å². The van der Waals surface area contributed by atoms with E-state index in [1.54, 1.807) is 0 Å². The van der Waals surface area contributed by atoms with Gasteiger partial charge in [-0.15, -0.1) is 0 Å². The largest absolute Gasteiger partial charge is 0.534 e. The fourth-order valence-corrected chi connectivity index (χ4v) is 1.65. The van der Waals surface area contributed by atoms with Crippen LogP contribution in [-0.4, -0.2) is 25.5 Å². The Bertz CT molecular complexity index is 598. The molecule has 10 heteroatoms. The smallest absolute Gasteiger partial charge is 0.477 e. The second-order valence-electron chi connectivity index (χ2n) is 4.19. The number of alkyl halides is 3. The van der Waals surface area contributed by atoms with Gasteiger partial charge in [0, 0.05) is 6.07 Å². The van der Waals surface area contributed by atoms with Gasteiger partial charge in [0.15, 0.2) is 11.6 Å². The van der Waals surface area contributed by atoms with E-state index in [0.29, 0.717) is 24.8 Å². The highest BCUT2D eigenvalue weighted by molar-refractivity contribution is 7.87. The van der Waals surface area contributed by atoms with Gasteiger partial charge < -0.3 is 8.92 Å². The quantitative estimate of drug-likeness (QED) is 0.474. The molecule has 1 aromatic rings. The van der Waals surface area contributed by atoms with Gasteiger partial charge >= 0.3 is 15.6 Å². The Labute approximate surface area is 111 Å². The summed E-state index contributed by atoms with van der Waals surface area (Å²) in [5.74, 6) is -2.22. The maximum atomic E-state index is 13.4. The first-order valence-corrected chi connectivity index (χ1v) is 6.89. The zero-order valence-corrected chi connectivity index (χ0v) is 10.7. The fraction of sp³-hybridized carbons (Fsp3) is 0.500. The minimum Gasteiger partial charge on any atom is -0.477 e. The summed E-state index contributed by atoms with van der Waals surface area (Å²) in [5.41, 5.74) is -5.64. The molecule has 0 unspecified atom stereocenters. The SMILES string of the molecule is O=S(=O)(Oc1cnc(OCC2CC2)cc1F)C(F)(F)F. The van der Waals surface area contributed by atoms with Gasteiger partial charge in [0.25, 0.3) is 0 Å². The minimum atomic E-state index is -5.92. The predicted octanol–water partition coefficient (Wildman–Crippen LogP) is 2.24. The van der Waals surface area contributed by atoms with E-state index in [9.17, 15) is 26.0 Å². The van der Waals surface area contributed by atoms with Crippen molar-refractivity contribution in [1.29, 1.82) is 0 Å². The van der Waals surface area contributed by atoms with Gasteiger partial charge in [-0.1, -0.05) is 0 Å². The van der Waals surface area contributed by atoms with Crippen LogP contribution in [-0.2, 0) is 10.1 Å². The van der Waals surface area contributed by atoms with Crippen molar-refractivity contribution < 1.29 is 34.9 Å². The monoisotopic (exact) mass is 315 g/mol. The van der Waals surface area contributed by atoms with Crippen LogP contribution in [0.1, 0.15) is 12.8 Å². The van der Waals surface area contributed by atoms with E-state index < -0.39 is 27.2 Å². The third kappa shape index (κ3) is 3.50. The van der Waals surface area contributed by atoms with Crippen molar-refractivity contribution in [2.24, 2.45) is 5.92 Å². The van der Waals surface area contributed by atoms with Gasteiger partial charge in [0.05, 0.1) is 12.8 Å². The molecule has 0 atom stereocenters. The molecule has 1 saturated carbocycles. The molecular weight excluding hydrogens is 306 g/mol. The highest BCUT2D eigenvalue weighted by Gasteiger charge is 2.49. The first-order chi connectivity index (χ1) is 9.19. The number of hydrogen-bond donors (Lipinski definition) is 0. The summed E-state index contributed by atoms with van der Waals surface area (Å²) < 4.78 is 79.8. The Morgan fingerprint density at radius 2 is 2.00 bits per heavy atom. The predicted molar refractivity (Wildman–Crippen MR) is 58.0 cm³/mol. The molecule has 20 heavy (non-hydrogen) atoms.